The second kappa shape index (κ2) is 8.48. The monoisotopic (exact) mass is 471 g/mol. The standard InChI is InChI=1S/C34H21N3/c35-22-28-20-27(17-18-36-28)25-9-6-8-24(19-25)26-13-15-31-33(21-26)37(29-10-2-1-3-11-29)32-16-14-23-7-4-5-12-30(23)34(31)32/h1-21H. The summed E-state index contributed by atoms with van der Waals surface area (Å²) in [6.45, 7) is 0. The van der Waals surface area contributed by atoms with Crippen molar-refractivity contribution in [3.05, 3.63) is 133 Å². The van der Waals surface area contributed by atoms with Gasteiger partial charge in [-0.05, 0) is 75.5 Å². The maximum atomic E-state index is 9.27. The molecule has 0 saturated carbocycles. The van der Waals surface area contributed by atoms with E-state index >= 15 is 0 Å². The minimum atomic E-state index is 0.420. The van der Waals surface area contributed by atoms with E-state index in [4.69, 9.17) is 0 Å². The van der Waals surface area contributed by atoms with Crippen molar-refractivity contribution >= 4 is 32.6 Å². The summed E-state index contributed by atoms with van der Waals surface area (Å²) in [5.74, 6) is 0. The summed E-state index contributed by atoms with van der Waals surface area (Å²) in [5, 5.41) is 14.3. The van der Waals surface area contributed by atoms with E-state index in [1.807, 2.05) is 12.1 Å². The molecular formula is C34H21N3. The Morgan fingerprint density at radius 1 is 0.568 bits per heavy atom. The maximum Gasteiger partial charge on any atom is 0.141 e. The highest BCUT2D eigenvalue weighted by Crippen LogP contribution is 2.39. The van der Waals surface area contributed by atoms with Gasteiger partial charge in [0.15, 0.2) is 0 Å². The molecule has 0 aliphatic carbocycles. The number of hydrogen-bond acceptors (Lipinski definition) is 2. The van der Waals surface area contributed by atoms with Crippen LogP contribution in [0, 0.1) is 11.3 Å². The molecule has 0 N–H and O–H groups in total. The fraction of sp³-hybridized carbons (Fsp3) is 0. The molecule has 0 atom stereocenters. The Morgan fingerprint density at radius 2 is 1.32 bits per heavy atom. The van der Waals surface area contributed by atoms with Crippen molar-refractivity contribution in [2.75, 3.05) is 0 Å². The molecule has 5 aromatic carbocycles. The zero-order chi connectivity index (χ0) is 24.8. The summed E-state index contributed by atoms with van der Waals surface area (Å²) in [6, 6.07) is 44.8. The summed E-state index contributed by atoms with van der Waals surface area (Å²) >= 11 is 0. The van der Waals surface area contributed by atoms with Crippen molar-refractivity contribution in [1.82, 2.24) is 9.55 Å². The summed E-state index contributed by atoms with van der Waals surface area (Å²) < 4.78 is 2.37. The summed E-state index contributed by atoms with van der Waals surface area (Å²) in [5.41, 5.74) is 8.26. The van der Waals surface area contributed by atoms with E-state index in [0.717, 1.165) is 27.9 Å². The van der Waals surface area contributed by atoms with E-state index in [-0.39, 0.29) is 0 Å². The molecule has 2 aromatic heterocycles. The Labute approximate surface area is 214 Å². The van der Waals surface area contributed by atoms with E-state index in [2.05, 4.69) is 125 Å². The molecule has 7 rings (SSSR count). The Hall–Kier alpha value is -5.20. The normalized spacial score (nSPS) is 11.2. The van der Waals surface area contributed by atoms with Gasteiger partial charge < -0.3 is 4.57 Å². The second-order valence-corrected chi connectivity index (χ2v) is 9.21. The topological polar surface area (TPSA) is 41.6 Å². The molecular weight excluding hydrogens is 450 g/mol. The first-order valence-electron chi connectivity index (χ1n) is 12.3. The highest BCUT2D eigenvalue weighted by atomic mass is 15.0. The summed E-state index contributed by atoms with van der Waals surface area (Å²) in [7, 11) is 0. The molecule has 0 aliphatic heterocycles. The Bertz CT molecular complexity index is 1990. The van der Waals surface area contributed by atoms with Gasteiger partial charge in [-0.3, -0.25) is 0 Å². The molecule has 3 heteroatoms. The largest absolute Gasteiger partial charge is 0.309 e. The fourth-order valence-electron chi connectivity index (χ4n) is 5.37. The van der Waals surface area contributed by atoms with Crippen LogP contribution in [0.15, 0.2) is 128 Å². The molecule has 0 unspecified atom stereocenters. The lowest BCUT2D eigenvalue weighted by atomic mass is 9.98. The third-order valence-corrected chi connectivity index (χ3v) is 7.07. The number of nitriles is 1. The van der Waals surface area contributed by atoms with Crippen LogP contribution in [0.25, 0.3) is 60.5 Å². The highest BCUT2D eigenvalue weighted by molar-refractivity contribution is 6.21. The van der Waals surface area contributed by atoms with Crippen LogP contribution < -0.4 is 0 Å². The smallest absolute Gasteiger partial charge is 0.141 e. The van der Waals surface area contributed by atoms with Crippen LogP contribution in [-0.4, -0.2) is 9.55 Å². The lowest BCUT2D eigenvalue weighted by Crippen LogP contribution is -1.93. The van der Waals surface area contributed by atoms with Gasteiger partial charge in [0.2, 0.25) is 0 Å². The van der Waals surface area contributed by atoms with Gasteiger partial charge in [-0.25, -0.2) is 4.98 Å². The molecule has 3 nitrogen and oxygen atoms in total. The summed E-state index contributed by atoms with van der Waals surface area (Å²) in [4.78, 5) is 4.12. The fourth-order valence-corrected chi connectivity index (χ4v) is 5.37. The van der Waals surface area contributed by atoms with E-state index in [1.165, 1.54) is 32.6 Å². The number of aromatic nitrogens is 2. The van der Waals surface area contributed by atoms with E-state index in [1.54, 1.807) is 6.20 Å². The molecule has 0 aliphatic rings. The second-order valence-electron chi connectivity index (χ2n) is 9.21. The van der Waals surface area contributed by atoms with Crippen LogP contribution in [-0.2, 0) is 0 Å². The third kappa shape index (κ3) is 3.47. The van der Waals surface area contributed by atoms with Crippen molar-refractivity contribution in [2.24, 2.45) is 0 Å². The van der Waals surface area contributed by atoms with Crippen molar-refractivity contribution in [2.45, 2.75) is 0 Å². The molecule has 7 aromatic rings. The SMILES string of the molecule is N#Cc1cc(-c2cccc(-c3ccc4c5c6ccccc6ccc5n(-c5ccccc5)c4c3)c2)ccn1. The Kier molecular flexibility index (Phi) is 4.84. The number of fused-ring (bicyclic) bond motifs is 5. The predicted octanol–water partition coefficient (Wildman–Crippen LogP) is 8.54. The molecule has 172 valence electrons. The van der Waals surface area contributed by atoms with Gasteiger partial charge in [-0.1, -0.05) is 78.9 Å². The van der Waals surface area contributed by atoms with Gasteiger partial charge in [0.05, 0.1) is 11.0 Å². The predicted molar refractivity (Wildman–Crippen MR) is 152 cm³/mol. The van der Waals surface area contributed by atoms with Crippen LogP contribution >= 0.6 is 0 Å². The van der Waals surface area contributed by atoms with Gasteiger partial charge in [0.25, 0.3) is 0 Å². The molecule has 0 bridgehead atoms. The molecule has 0 amide bonds. The van der Waals surface area contributed by atoms with Gasteiger partial charge in [-0.15, -0.1) is 0 Å². The summed E-state index contributed by atoms with van der Waals surface area (Å²) in [6.07, 6.45) is 1.69. The quantitative estimate of drug-likeness (QED) is 0.259. The average Bonchev–Trinajstić information content (AvgIpc) is 3.32. The number of benzene rings is 5. The lowest BCUT2D eigenvalue weighted by molar-refractivity contribution is 1.18. The van der Waals surface area contributed by atoms with Crippen LogP contribution in [0.2, 0.25) is 0 Å². The van der Waals surface area contributed by atoms with Crippen molar-refractivity contribution in [3.63, 3.8) is 0 Å². The van der Waals surface area contributed by atoms with E-state index in [9.17, 15) is 5.26 Å². The number of para-hydroxylation sites is 1. The molecule has 0 spiro atoms. The van der Waals surface area contributed by atoms with Crippen molar-refractivity contribution in [1.29, 1.82) is 5.26 Å². The molecule has 0 fully saturated rings. The van der Waals surface area contributed by atoms with Crippen LogP contribution in [0.3, 0.4) is 0 Å². The first kappa shape index (κ1) is 21.1. The minimum absolute atomic E-state index is 0.420. The molecule has 0 saturated heterocycles. The highest BCUT2D eigenvalue weighted by Gasteiger charge is 2.15. The van der Waals surface area contributed by atoms with E-state index in [0.29, 0.717) is 5.69 Å². The zero-order valence-electron chi connectivity index (χ0n) is 20.0. The molecule has 0 radical (unpaired) electrons. The van der Waals surface area contributed by atoms with Gasteiger partial charge >= 0.3 is 0 Å². The Balaban J connectivity index is 1.48. The zero-order valence-corrected chi connectivity index (χ0v) is 20.0. The number of nitrogens with zero attached hydrogens (tertiary/aromatic N) is 3. The van der Waals surface area contributed by atoms with Gasteiger partial charge in [0, 0.05) is 22.7 Å². The van der Waals surface area contributed by atoms with Gasteiger partial charge in [-0.2, -0.15) is 5.26 Å². The average molecular weight is 472 g/mol. The van der Waals surface area contributed by atoms with Crippen LogP contribution in [0.1, 0.15) is 5.69 Å². The van der Waals surface area contributed by atoms with Crippen molar-refractivity contribution in [3.8, 4) is 34.0 Å². The van der Waals surface area contributed by atoms with Crippen molar-refractivity contribution < 1.29 is 0 Å². The third-order valence-electron chi connectivity index (χ3n) is 7.07. The molecule has 37 heavy (non-hydrogen) atoms. The number of pyridine rings is 1. The minimum Gasteiger partial charge on any atom is -0.309 e. The van der Waals surface area contributed by atoms with Gasteiger partial charge in [0.1, 0.15) is 11.8 Å². The Morgan fingerprint density at radius 3 is 2.16 bits per heavy atom. The first-order chi connectivity index (χ1) is 18.3. The van der Waals surface area contributed by atoms with E-state index < -0.39 is 0 Å². The maximum absolute atomic E-state index is 9.27. The van der Waals surface area contributed by atoms with Crippen LogP contribution in [0.4, 0.5) is 0 Å². The number of rotatable bonds is 3. The molecule has 2 heterocycles. The van der Waals surface area contributed by atoms with Crippen LogP contribution in [0.5, 0.6) is 0 Å². The lowest BCUT2D eigenvalue weighted by Gasteiger charge is -2.10. The first-order valence-corrected chi connectivity index (χ1v) is 12.3. The number of hydrogen-bond donors (Lipinski definition) is 0.